The first kappa shape index (κ1) is 19.5. The van der Waals surface area contributed by atoms with E-state index in [2.05, 4.69) is 0 Å². The fraction of sp³-hybridized carbons (Fsp3) is 0.364. The van der Waals surface area contributed by atoms with E-state index in [4.69, 9.17) is 24.9 Å². The van der Waals surface area contributed by atoms with Crippen LogP contribution in [0, 0.1) is 0 Å². The average Bonchev–Trinajstić information content (AvgIpc) is 3.08. The van der Waals surface area contributed by atoms with Gasteiger partial charge in [-0.2, -0.15) is 0 Å². The standard InChI is InChI=1S/C22H24N2O4S/c1-4-28-22(25)20-19(23)18-17(14-11-12(26-2)9-10-16(14)27-3)13-7-5-6-8-15(13)24-21(18)29-20/h9-11H,4-8,23H2,1-3H3. The Morgan fingerprint density at radius 1 is 1.21 bits per heavy atom. The number of ether oxygens (including phenoxy) is 3. The Morgan fingerprint density at radius 3 is 2.72 bits per heavy atom. The topological polar surface area (TPSA) is 83.7 Å². The number of pyridine rings is 1. The minimum atomic E-state index is -0.408. The van der Waals surface area contributed by atoms with Gasteiger partial charge in [0.05, 0.1) is 26.5 Å². The van der Waals surface area contributed by atoms with E-state index in [9.17, 15) is 4.79 Å². The molecule has 2 aromatic heterocycles. The van der Waals surface area contributed by atoms with Gasteiger partial charge in [0.15, 0.2) is 0 Å². The van der Waals surface area contributed by atoms with Crippen LogP contribution in [0.2, 0.25) is 0 Å². The molecule has 3 aromatic rings. The van der Waals surface area contributed by atoms with Crippen LogP contribution in [0.4, 0.5) is 5.69 Å². The molecule has 6 nitrogen and oxygen atoms in total. The first-order valence-corrected chi connectivity index (χ1v) is 10.5. The molecule has 0 atom stereocenters. The molecule has 0 saturated heterocycles. The predicted octanol–water partition coefficient (Wildman–Crippen LogP) is 4.62. The van der Waals surface area contributed by atoms with Crippen LogP contribution in [-0.4, -0.2) is 31.8 Å². The molecular formula is C22H24N2O4S. The lowest BCUT2D eigenvalue weighted by Crippen LogP contribution is -2.08. The molecule has 1 aliphatic rings. The molecule has 4 rings (SSSR count). The molecule has 29 heavy (non-hydrogen) atoms. The molecule has 0 fully saturated rings. The molecule has 0 unspecified atom stereocenters. The number of nitrogens with two attached hydrogens (primary N) is 1. The summed E-state index contributed by atoms with van der Waals surface area (Å²) in [6.07, 6.45) is 4.02. The molecule has 2 heterocycles. The summed E-state index contributed by atoms with van der Waals surface area (Å²) in [5.41, 5.74) is 11.1. The summed E-state index contributed by atoms with van der Waals surface area (Å²) in [6, 6.07) is 5.72. The van der Waals surface area contributed by atoms with Crippen LogP contribution in [-0.2, 0) is 17.6 Å². The third kappa shape index (κ3) is 3.29. The first-order chi connectivity index (χ1) is 14.1. The highest BCUT2D eigenvalue weighted by Gasteiger charge is 2.27. The van der Waals surface area contributed by atoms with Crippen molar-refractivity contribution in [1.82, 2.24) is 4.98 Å². The lowest BCUT2D eigenvalue weighted by molar-refractivity contribution is 0.0533. The minimum Gasteiger partial charge on any atom is -0.497 e. The Morgan fingerprint density at radius 2 is 2.00 bits per heavy atom. The van der Waals surface area contributed by atoms with E-state index < -0.39 is 5.97 Å². The molecular weight excluding hydrogens is 388 g/mol. The van der Waals surface area contributed by atoms with Crippen molar-refractivity contribution in [2.24, 2.45) is 0 Å². The van der Waals surface area contributed by atoms with Gasteiger partial charge in [-0.1, -0.05) is 0 Å². The number of benzene rings is 1. The van der Waals surface area contributed by atoms with Crippen molar-refractivity contribution >= 4 is 33.2 Å². The summed E-state index contributed by atoms with van der Waals surface area (Å²) in [5.74, 6) is 1.05. The molecule has 0 bridgehead atoms. The zero-order chi connectivity index (χ0) is 20.5. The van der Waals surface area contributed by atoms with Gasteiger partial charge in [-0.15, -0.1) is 11.3 Å². The summed E-state index contributed by atoms with van der Waals surface area (Å²) in [5, 5.41) is 0.797. The maximum Gasteiger partial charge on any atom is 0.350 e. The lowest BCUT2D eigenvalue weighted by Gasteiger charge is -2.21. The number of nitrogens with zero attached hydrogens (tertiary/aromatic N) is 1. The van der Waals surface area contributed by atoms with Gasteiger partial charge >= 0.3 is 5.97 Å². The molecule has 1 aromatic carbocycles. The molecule has 152 valence electrons. The van der Waals surface area contributed by atoms with Gasteiger partial charge in [0.1, 0.15) is 21.2 Å². The highest BCUT2D eigenvalue weighted by atomic mass is 32.1. The smallest absolute Gasteiger partial charge is 0.350 e. The van der Waals surface area contributed by atoms with Crippen molar-refractivity contribution in [1.29, 1.82) is 0 Å². The maximum absolute atomic E-state index is 12.5. The number of aromatic nitrogens is 1. The minimum absolute atomic E-state index is 0.299. The number of fused-ring (bicyclic) bond motifs is 2. The van der Waals surface area contributed by atoms with Gasteiger partial charge in [-0.05, 0) is 56.4 Å². The quantitative estimate of drug-likeness (QED) is 0.616. The van der Waals surface area contributed by atoms with Crippen LogP contribution in [0.25, 0.3) is 21.3 Å². The summed E-state index contributed by atoms with van der Waals surface area (Å²) < 4.78 is 16.3. The van der Waals surface area contributed by atoms with E-state index in [-0.39, 0.29) is 0 Å². The Hall–Kier alpha value is -2.80. The number of methoxy groups -OCH3 is 2. The Labute approximate surface area is 173 Å². The third-order valence-electron chi connectivity index (χ3n) is 5.29. The number of rotatable bonds is 5. The van der Waals surface area contributed by atoms with Crippen LogP contribution >= 0.6 is 11.3 Å². The molecule has 2 N–H and O–H groups in total. The second-order valence-corrected chi connectivity index (χ2v) is 7.93. The SMILES string of the molecule is CCOC(=O)c1sc2nc3c(c(-c4cc(OC)ccc4OC)c2c1N)CCCC3. The highest BCUT2D eigenvalue weighted by molar-refractivity contribution is 7.21. The Kier molecular flexibility index (Phi) is 5.32. The Bertz CT molecular complexity index is 1090. The number of carbonyl (C=O) groups is 1. The zero-order valence-corrected chi connectivity index (χ0v) is 17.6. The highest BCUT2D eigenvalue weighted by Crippen LogP contribution is 2.47. The Balaban J connectivity index is 2.08. The van der Waals surface area contributed by atoms with E-state index in [0.29, 0.717) is 17.2 Å². The van der Waals surface area contributed by atoms with Crippen molar-refractivity contribution in [3.05, 3.63) is 34.3 Å². The number of hydrogen-bond donors (Lipinski definition) is 1. The van der Waals surface area contributed by atoms with Gasteiger partial charge in [-0.25, -0.2) is 9.78 Å². The molecule has 7 heteroatoms. The van der Waals surface area contributed by atoms with Crippen LogP contribution in [0.3, 0.4) is 0 Å². The van der Waals surface area contributed by atoms with E-state index in [1.807, 2.05) is 18.2 Å². The van der Waals surface area contributed by atoms with Crippen molar-refractivity contribution in [2.45, 2.75) is 32.6 Å². The van der Waals surface area contributed by atoms with Gasteiger partial charge in [0, 0.05) is 22.2 Å². The number of esters is 1. The van der Waals surface area contributed by atoms with E-state index >= 15 is 0 Å². The average molecular weight is 413 g/mol. The molecule has 0 aliphatic heterocycles. The maximum atomic E-state index is 12.5. The van der Waals surface area contributed by atoms with E-state index in [0.717, 1.165) is 64.2 Å². The van der Waals surface area contributed by atoms with Crippen LogP contribution in [0.5, 0.6) is 11.5 Å². The second kappa shape index (κ2) is 7.91. The summed E-state index contributed by atoms with van der Waals surface area (Å²) in [4.78, 5) is 18.5. The number of thiophene rings is 1. The number of aryl methyl sites for hydroxylation is 1. The normalized spacial score (nSPS) is 13.2. The van der Waals surface area contributed by atoms with Crippen molar-refractivity contribution in [3.63, 3.8) is 0 Å². The van der Waals surface area contributed by atoms with Gasteiger partial charge in [0.25, 0.3) is 0 Å². The second-order valence-electron chi connectivity index (χ2n) is 6.93. The largest absolute Gasteiger partial charge is 0.497 e. The van der Waals surface area contributed by atoms with Gasteiger partial charge in [-0.3, -0.25) is 0 Å². The van der Waals surface area contributed by atoms with E-state index in [1.165, 1.54) is 16.9 Å². The molecule has 0 radical (unpaired) electrons. The molecule has 0 spiro atoms. The van der Waals surface area contributed by atoms with Crippen molar-refractivity contribution in [3.8, 4) is 22.6 Å². The fourth-order valence-electron chi connectivity index (χ4n) is 3.96. The monoisotopic (exact) mass is 412 g/mol. The van der Waals surface area contributed by atoms with Gasteiger partial charge < -0.3 is 19.9 Å². The number of nitrogen functional groups attached to an aromatic ring is 1. The summed E-state index contributed by atoms with van der Waals surface area (Å²) in [6.45, 7) is 2.08. The number of hydrogen-bond acceptors (Lipinski definition) is 7. The van der Waals surface area contributed by atoms with Crippen molar-refractivity contribution < 1.29 is 19.0 Å². The first-order valence-electron chi connectivity index (χ1n) is 9.72. The molecule has 1 aliphatic carbocycles. The van der Waals surface area contributed by atoms with Crippen molar-refractivity contribution in [2.75, 3.05) is 26.6 Å². The van der Waals surface area contributed by atoms with Crippen LogP contribution in [0.15, 0.2) is 18.2 Å². The molecule has 0 saturated carbocycles. The van der Waals surface area contributed by atoms with Crippen LogP contribution in [0.1, 0.15) is 40.7 Å². The fourth-order valence-corrected chi connectivity index (χ4v) is 4.98. The molecule has 0 amide bonds. The summed E-state index contributed by atoms with van der Waals surface area (Å²) >= 11 is 1.29. The zero-order valence-electron chi connectivity index (χ0n) is 16.8. The third-order valence-corrected chi connectivity index (χ3v) is 6.37. The number of carbonyl (C=O) groups excluding carboxylic acids is 1. The summed E-state index contributed by atoms with van der Waals surface area (Å²) in [7, 11) is 3.29. The predicted molar refractivity (Wildman–Crippen MR) is 115 cm³/mol. The van der Waals surface area contributed by atoms with Gasteiger partial charge in [0.2, 0.25) is 0 Å². The van der Waals surface area contributed by atoms with E-state index in [1.54, 1.807) is 21.1 Å². The number of anilines is 1. The van der Waals surface area contributed by atoms with Crippen LogP contribution < -0.4 is 15.2 Å². The lowest BCUT2D eigenvalue weighted by atomic mass is 9.87.